The van der Waals surface area contributed by atoms with E-state index in [2.05, 4.69) is 106 Å². The zero-order chi connectivity index (χ0) is 53.6. The monoisotopic (exact) mass is 1030 g/mol. The Morgan fingerprint density at radius 2 is 0.527 bits per heavy atom. The smallest absolute Gasteiger partial charge is 0.306 e. The summed E-state index contributed by atoms with van der Waals surface area (Å²) < 4.78 is 16.9. The Kier molecular flexibility index (Phi) is 59.3. The molecule has 0 aromatic heterocycles. The highest BCUT2D eigenvalue weighted by atomic mass is 16.6. The summed E-state index contributed by atoms with van der Waals surface area (Å²) in [6, 6.07) is 0. The first-order chi connectivity index (χ1) is 36.5. The van der Waals surface area contributed by atoms with E-state index in [1.807, 2.05) is 0 Å². The molecule has 0 aliphatic rings. The molecule has 0 amide bonds. The van der Waals surface area contributed by atoms with Crippen LogP contribution in [0.3, 0.4) is 0 Å². The highest BCUT2D eigenvalue weighted by Crippen LogP contribution is 2.16. The molecular weight excluding hydrogens is 913 g/mol. The first kappa shape index (κ1) is 70.6. The molecule has 426 valence electrons. The molecule has 6 heteroatoms. The number of allylic oxidation sites excluding steroid dienone is 14. The van der Waals surface area contributed by atoms with Crippen LogP contribution in [0.5, 0.6) is 0 Å². The van der Waals surface area contributed by atoms with E-state index in [9.17, 15) is 14.4 Å². The lowest BCUT2D eigenvalue weighted by Crippen LogP contribution is -2.30. The van der Waals surface area contributed by atoms with Gasteiger partial charge in [-0.3, -0.25) is 14.4 Å². The van der Waals surface area contributed by atoms with Crippen LogP contribution in [0.1, 0.15) is 310 Å². The number of carbonyl (C=O) groups is 3. The van der Waals surface area contributed by atoms with Crippen LogP contribution in [0.25, 0.3) is 0 Å². The summed E-state index contributed by atoms with van der Waals surface area (Å²) in [5.74, 6) is -0.888. The van der Waals surface area contributed by atoms with Crippen molar-refractivity contribution in [2.45, 2.75) is 316 Å². The molecule has 0 fully saturated rings. The average molecular weight is 1030 g/mol. The molecule has 1 unspecified atom stereocenters. The molecule has 0 aliphatic carbocycles. The standard InChI is InChI=1S/C68H118O6/c1-4-7-10-13-16-19-22-24-26-28-30-31-32-33-34-35-36-37-39-40-42-44-46-49-52-55-58-61-67(70)73-64-65(63-72-66(69)60-57-54-51-48-21-18-15-12-9-6-3)74-68(71)62-59-56-53-50-47-45-43-41-38-29-27-25-23-20-17-14-11-8-5-2/h8,11,17,20,22,24-25,27-28,30,32-33,38,41,65H,4-7,9-10,12-16,18-19,21,23,26,29,31,34-37,39-40,42-64H2,1-3H3/b11-8-,20-17-,24-22-,27-25-,30-28-,33-32-,41-38-. The molecule has 1 atom stereocenters. The first-order valence-corrected chi connectivity index (χ1v) is 31.6. The molecule has 6 nitrogen and oxygen atoms in total. The number of hydrogen-bond donors (Lipinski definition) is 0. The third kappa shape index (κ3) is 59.5. The average Bonchev–Trinajstić information content (AvgIpc) is 3.40. The van der Waals surface area contributed by atoms with E-state index < -0.39 is 6.10 Å². The molecule has 0 aromatic carbocycles. The fourth-order valence-electron chi connectivity index (χ4n) is 8.91. The van der Waals surface area contributed by atoms with Crippen molar-refractivity contribution in [1.82, 2.24) is 0 Å². The number of unbranched alkanes of at least 4 members (excludes halogenated alkanes) is 32. The van der Waals surface area contributed by atoms with E-state index in [-0.39, 0.29) is 31.1 Å². The van der Waals surface area contributed by atoms with Crippen molar-refractivity contribution in [3.05, 3.63) is 85.1 Å². The van der Waals surface area contributed by atoms with Crippen molar-refractivity contribution in [2.75, 3.05) is 13.2 Å². The van der Waals surface area contributed by atoms with E-state index in [4.69, 9.17) is 14.2 Å². The minimum Gasteiger partial charge on any atom is -0.462 e. The summed E-state index contributed by atoms with van der Waals surface area (Å²) in [5.41, 5.74) is 0. The molecule has 0 saturated heterocycles. The number of hydrogen-bond acceptors (Lipinski definition) is 6. The van der Waals surface area contributed by atoms with Gasteiger partial charge < -0.3 is 14.2 Å². The second kappa shape index (κ2) is 62.1. The zero-order valence-corrected chi connectivity index (χ0v) is 48.8. The Hall–Kier alpha value is -3.41. The molecule has 0 aliphatic heterocycles. The summed E-state index contributed by atoms with van der Waals surface area (Å²) >= 11 is 0. The zero-order valence-electron chi connectivity index (χ0n) is 48.8. The van der Waals surface area contributed by atoms with Gasteiger partial charge in [-0.15, -0.1) is 0 Å². The summed E-state index contributed by atoms with van der Waals surface area (Å²) in [7, 11) is 0. The van der Waals surface area contributed by atoms with Crippen LogP contribution in [-0.4, -0.2) is 37.2 Å². The Bertz CT molecular complexity index is 1420. The predicted molar refractivity (Wildman–Crippen MR) is 321 cm³/mol. The normalized spacial score (nSPS) is 12.6. The highest BCUT2D eigenvalue weighted by molar-refractivity contribution is 5.71. The lowest BCUT2D eigenvalue weighted by Gasteiger charge is -2.18. The maximum Gasteiger partial charge on any atom is 0.306 e. The number of rotatable bonds is 57. The van der Waals surface area contributed by atoms with Crippen LogP contribution in [0, 0.1) is 0 Å². The Labute approximate surface area is 458 Å². The Morgan fingerprint density at radius 3 is 0.824 bits per heavy atom. The molecule has 0 aromatic rings. The summed E-state index contributed by atoms with van der Waals surface area (Å²) in [5, 5.41) is 0. The molecule has 0 radical (unpaired) electrons. The van der Waals surface area contributed by atoms with Crippen molar-refractivity contribution in [3.63, 3.8) is 0 Å². The maximum atomic E-state index is 12.9. The topological polar surface area (TPSA) is 78.9 Å². The van der Waals surface area contributed by atoms with E-state index in [1.54, 1.807) is 0 Å². The third-order valence-corrected chi connectivity index (χ3v) is 13.6. The maximum absolute atomic E-state index is 12.9. The first-order valence-electron chi connectivity index (χ1n) is 31.6. The molecule has 74 heavy (non-hydrogen) atoms. The summed E-state index contributed by atoms with van der Waals surface area (Å²) in [4.78, 5) is 38.2. The van der Waals surface area contributed by atoms with E-state index in [0.29, 0.717) is 19.3 Å². The Morgan fingerprint density at radius 1 is 0.284 bits per heavy atom. The van der Waals surface area contributed by atoms with Crippen LogP contribution in [0.15, 0.2) is 85.1 Å². The fourth-order valence-corrected chi connectivity index (χ4v) is 8.91. The Balaban J connectivity index is 4.24. The van der Waals surface area contributed by atoms with Crippen molar-refractivity contribution < 1.29 is 28.6 Å². The van der Waals surface area contributed by atoms with Gasteiger partial charge in [0.15, 0.2) is 6.10 Å². The van der Waals surface area contributed by atoms with Gasteiger partial charge in [-0.2, -0.15) is 0 Å². The SMILES string of the molecule is CC/C=C\C/C=C\C/C=C\C/C=C\CCCCCCCCC(=O)OC(COC(=O)CCCCCCCCCCCC)COC(=O)CCCCCCCCCCCCCC/C=C\C/C=C\C/C=C\CCCCCCC. The second-order valence-electron chi connectivity index (χ2n) is 20.9. The lowest BCUT2D eigenvalue weighted by atomic mass is 10.0. The predicted octanol–water partition coefficient (Wildman–Crippen LogP) is 21.5. The number of ether oxygens (including phenoxy) is 3. The van der Waals surface area contributed by atoms with E-state index >= 15 is 0 Å². The lowest BCUT2D eigenvalue weighted by molar-refractivity contribution is -0.167. The van der Waals surface area contributed by atoms with Crippen molar-refractivity contribution in [1.29, 1.82) is 0 Å². The van der Waals surface area contributed by atoms with Gasteiger partial charge in [0.1, 0.15) is 13.2 Å². The van der Waals surface area contributed by atoms with Crippen molar-refractivity contribution in [3.8, 4) is 0 Å². The fraction of sp³-hybridized carbons (Fsp3) is 0.750. The molecule has 0 bridgehead atoms. The van der Waals surface area contributed by atoms with Crippen molar-refractivity contribution in [2.24, 2.45) is 0 Å². The van der Waals surface area contributed by atoms with Gasteiger partial charge in [0.2, 0.25) is 0 Å². The third-order valence-electron chi connectivity index (χ3n) is 13.6. The van der Waals surface area contributed by atoms with Gasteiger partial charge in [-0.25, -0.2) is 0 Å². The molecule has 0 N–H and O–H groups in total. The van der Waals surface area contributed by atoms with Crippen LogP contribution >= 0.6 is 0 Å². The summed E-state index contributed by atoms with van der Waals surface area (Å²) in [6.45, 7) is 6.51. The van der Waals surface area contributed by atoms with Crippen LogP contribution in [-0.2, 0) is 28.6 Å². The molecule has 0 heterocycles. The van der Waals surface area contributed by atoms with Gasteiger partial charge in [0, 0.05) is 19.3 Å². The minimum atomic E-state index is -0.784. The molecular formula is C68H118O6. The van der Waals surface area contributed by atoms with Gasteiger partial charge >= 0.3 is 17.9 Å². The van der Waals surface area contributed by atoms with Gasteiger partial charge in [0.25, 0.3) is 0 Å². The number of carbonyl (C=O) groups excluding carboxylic acids is 3. The molecule has 0 spiro atoms. The quantitative estimate of drug-likeness (QED) is 0.0261. The molecule has 0 saturated carbocycles. The van der Waals surface area contributed by atoms with Crippen LogP contribution in [0.4, 0.5) is 0 Å². The van der Waals surface area contributed by atoms with Gasteiger partial charge in [-0.1, -0.05) is 279 Å². The van der Waals surface area contributed by atoms with Gasteiger partial charge in [0.05, 0.1) is 0 Å². The van der Waals surface area contributed by atoms with Crippen LogP contribution in [0.2, 0.25) is 0 Å². The van der Waals surface area contributed by atoms with Crippen LogP contribution < -0.4 is 0 Å². The molecule has 0 rings (SSSR count). The van der Waals surface area contributed by atoms with Gasteiger partial charge in [-0.05, 0) is 96.3 Å². The second-order valence-corrected chi connectivity index (χ2v) is 20.9. The van der Waals surface area contributed by atoms with E-state index in [1.165, 1.54) is 161 Å². The largest absolute Gasteiger partial charge is 0.462 e. The minimum absolute atomic E-state index is 0.0806. The van der Waals surface area contributed by atoms with Crippen molar-refractivity contribution >= 4 is 17.9 Å². The van der Waals surface area contributed by atoms with E-state index in [0.717, 1.165) is 109 Å². The summed E-state index contributed by atoms with van der Waals surface area (Å²) in [6.07, 6.45) is 81.6. The highest BCUT2D eigenvalue weighted by Gasteiger charge is 2.19. The number of esters is 3.